The van der Waals surface area contributed by atoms with E-state index in [0.29, 0.717) is 28.3 Å². The first kappa shape index (κ1) is 22.4. The molecular formula is C24H20Cl2N4OS. The van der Waals surface area contributed by atoms with Gasteiger partial charge in [-0.1, -0.05) is 77.4 Å². The molecule has 0 radical (unpaired) electrons. The van der Waals surface area contributed by atoms with Crippen LogP contribution in [0.25, 0.3) is 10.9 Å². The number of rotatable bonds is 8. The fraction of sp³-hybridized carbons (Fsp3) is 0.125. The molecule has 0 spiro atoms. The van der Waals surface area contributed by atoms with Crippen molar-refractivity contribution >= 4 is 57.6 Å². The number of halogens is 2. The van der Waals surface area contributed by atoms with Gasteiger partial charge < -0.3 is 10.6 Å². The number of fused-ring (bicyclic) bond motifs is 1. The summed E-state index contributed by atoms with van der Waals surface area (Å²) in [4.78, 5) is 21.6. The van der Waals surface area contributed by atoms with Crippen LogP contribution in [0.2, 0.25) is 10.0 Å². The Kier molecular flexibility index (Phi) is 7.47. The number of thioether (sulfide) groups is 1. The first-order valence-corrected chi connectivity index (χ1v) is 11.7. The van der Waals surface area contributed by atoms with Crippen LogP contribution < -0.4 is 10.6 Å². The second kappa shape index (κ2) is 10.7. The molecule has 0 bridgehead atoms. The number of amides is 1. The van der Waals surface area contributed by atoms with Gasteiger partial charge in [0.2, 0.25) is 5.91 Å². The van der Waals surface area contributed by atoms with Crippen molar-refractivity contribution in [2.24, 2.45) is 0 Å². The van der Waals surface area contributed by atoms with E-state index in [1.165, 1.54) is 11.8 Å². The summed E-state index contributed by atoms with van der Waals surface area (Å²) >= 11 is 13.4. The van der Waals surface area contributed by atoms with Crippen LogP contribution in [0.3, 0.4) is 0 Å². The largest absolute Gasteiger partial charge is 0.365 e. The van der Waals surface area contributed by atoms with Crippen LogP contribution >= 0.6 is 35.0 Å². The van der Waals surface area contributed by atoms with Crippen LogP contribution in [-0.2, 0) is 17.9 Å². The molecule has 2 N–H and O–H groups in total. The van der Waals surface area contributed by atoms with Crippen LogP contribution in [-0.4, -0.2) is 21.6 Å². The molecule has 4 rings (SSSR count). The molecule has 0 saturated carbocycles. The number of aromatic nitrogens is 2. The van der Waals surface area contributed by atoms with Crippen molar-refractivity contribution in [2.75, 3.05) is 11.1 Å². The molecule has 32 heavy (non-hydrogen) atoms. The molecule has 8 heteroatoms. The third kappa shape index (κ3) is 5.91. The molecule has 1 heterocycles. The maximum Gasteiger partial charge on any atom is 0.230 e. The monoisotopic (exact) mass is 482 g/mol. The van der Waals surface area contributed by atoms with E-state index in [1.54, 1.807) is 6.07 Å². The molecule has 0 unspecified atom stereocenters. The number of para-hydroxylation sites is 1. The van der Waals surface area contributed by atoms with Crippen molar-refractivity contribution in [2.45, 2.75) is 18.2 Å². The van der Waals surface area contributed by atoms with Gasteiger partial charge in [-0.05, 0) is 41.5 Å². The summed E-state index contributed by atoms with van der Waals surface area (Å²) in [6.45, 7) is 0.978. The summed E-state index contributed by atoms with van der Waals surface area (Å²) in [5.74, 6) is 0.825. The van der Waals surface area contributed by atoms with Gasteiger partial charge in [0.25, 0.3) is 0 Å². The molecule has 5 nitrogen and oxygen atoms in total. The zero-order valence-electron chi connectivity index (χ0n) is 17.0. The van der Waals surface area contributed by atoms with E-state index < -0.39 is 0 Å². The highest BCUT2D eigenvalue weighted by molar-refractivity contribution is 7.99. The van der Waals surface area contributed by atoms with E-state index in [0.717, 1.165) is 27.8 Å². The number of carbonyl (C=O) groups excluding carboxylic acids is 1. The molecule has 4 aromatic rings. The van der Waals surface area contributed by atoms with E-state index in [4.69, 9.17) is 23.2 Å². The Balaban J connectivity index is 1.42. The van der Waals surface area contributed by atoms with Gasteiger partial charge in [-0.3, -0.25) is 4.79 Å². The fourth-order valence-electron chi connectivity index (χ4n) is 3.06. The Morgan fingerprint density at radius 2 is 1.62 bits per heavy atom. The predicted molar refractivity (Wildman–Crippen MR) is 132 cm³/mol. The van der Waals surface area contributed by atoms with Crippen LogP contribution in [0.4, 0.5) is 5.82 Å². The summed E-state index contributed by atoms with van der Waals surface area (Å²) in [6.07, 6.45) is 0. The summed E-state index contributed by atoms with van der Waals surface area (Å²) in [5, 5.41) is 9.07. The van der Waals surface area contributed by atoms with Crippen molar-refractivity contribution < 1.29 is 4.79 Å². The lowest BCUT2D eigenvalue weighted by Gasteiger charge is -2.11. The lowest BCUT2D eigenvalue weighted by atomic mass is 10.2. The van der Waals surface area contributed by atoms with E-state index >= 15 is 0 Å². The quantitative estimate of drug-likeness (QED) is 0.239. The van der Waals surface area contributed by atoms with Gasteiger partial charge in [0.1, 0.15) is 5.82 Å². The lowest BCUT2D eigenvalue weighted by Crippen LogP contribution is -2.24. The fourth-order valence-corrected chi connectivity index (χ4v) is 4.07. The van der Waals surface area contributed by atoms with E-state index in [9.17, 15) is 4.79 Å². The number of hydrogen-bond acceptors (Lipinski definition) is 5. The average molecular weight is 483 g/mol. The minimum atomic E-state index is -0.109. The lowest BCUT2D eigenvalue weighted by molar-refractivity contribution is -0.118. The smallest absolute Gasteiger partial charge is 0.230 e. The van der Waals surface area contributed by atoms with E-state index in [2.05, 4.69) is 20.6 Å². The third-order valence-corrected chi connectivity index (χ3v) is 6.19. The highest BCUT2D eigenvalue weighted by atomic mass is 35.5. The molecule has 0 atom stereocenters. The molecule has 3 aromatic carbocycles. The Labute approximate surface area is 200 Å². The van der Waals surface area contributed by atoms with Crippen molar-refractivity contribution in [1.82, 2.24) is 15.3 Å². The SMILES string of the molecule is O=C(CSc1nc(NCc2ccc(Cl)cc2)c2ccccc2n1)NCc1ccccc1Cl. The van der Waals surface area contributed by atoms with E-state index in [-0.39, 0.29) is 11.7 Å². The average Bonchev–Trinajstić information content (AvgIpc) is 2.81. The highest BCUT2D eigenvalue weighted by Gasteiger charge is 2.11. The second-order valence-corrected chi connectivity index (χ2v) is 8.79. The number of carbonyl (C=O) groups is 1. The Bertz CT molecular complexity index is 1230. The Morgan fingerprint density at radius 1 is 0.875 bits per heavy atom. The number of nitrogens with zero attached hydrogens (tertiary/aromatic N) is 2. The van der Waals surface area contributed by atoms with Gasteiger partial charge in [-0.2, -0.15) is 0 Å². The molecule has 0 aliphatic rings. The van der Waals surface area contributed by atoms with Crippen LogP contribution in [0.1, 0.15) is 11.1 Å². The van der Waals surface area contributed by atoms with Crippen molar-refractivity contribution in [1.29, 1.82) is 0 Å². The molecule has 0 aliphatic carbocycles. The minimum Gasteiger partial charge on any atom is -0.365 e. The first-order valence-electron chi connectivity index (χ1n) is 9.96. The number of hydrogen-bond donors (Lipinski definition) is 2. The molecular weight excluding hydrogens is 463 g/mol. The number of nitrogens with one attached hydrogen (secondary N) is 2. The maximum absolute atomic E-state index is 12.3. The van der Waals surface area contributed by atoms with Crippen LogP contribution in [0.5, 0.6) is 0 Å². The normalized spacial score (nSPS) is 10.8. The summed E-state index contributed by atoms with van der Waals surface area (Å²) in [6, 6.07) is 22.9. The standard InChI is InChI=1S/C24H20Cl2N4OS/c25-18-11-9-16(10-12-18)13-28-23-19-6-2-4-8-21(19)29-24(30-23)32-15-22(31)27-14-17-5-1-3-7-20(17)26/h1-12H,13-15H2,(H,27,31)(H,28,29,30). The predicted octanol–water partition coefficient (Wildman–Crippen LogP) is 5.96. The molecule has 162 valence electrons. The number of anilines is 1. The minimum absolute atomic E-state index is 0.109. The summed E-state index contributed by atoms with van der Waals surface area (Å²) < 4.78 is 0. The molecule has 0 fully saturated rings. The van der Waals surface area contributed by atoms with Gasteiger partial charge in [0.15, 0.2) is 5.16 Å². The van der Waals surface area contributed by atoms with Gasteiger partial charge in [0, 0.05) is 28.5 Å². The zero-order valence-corrected chi connectivity index (χ0v) is 19.3. The third-order valence-electron chi connectivity index (χ3n) is 4.72. The van der Waals surface area contributed by atoms with Gasteiger partial charge in [-0.15, -0.1) is 0 Å². The Hall–Kier alpha value is -2.80. The molecule has 0 saturated heterocycles. The van der Waals surface area contributed by atoms with Gasteiger partial charge in [-0.25, -0.2) is 9.97 Å². The molecule has 0 aliphatic heterocycles. The molecule has 1 aromatic heterocycles. The molecule has 1 amide bonds. The van der Waals surface area contributed by atoms with Gasteiger partial charge >= 0.3 is 0 Å². The Morgan fingerprint density at radius 3 is 2.44 bits per heavy atom. The van der Waals surface area contributed by atoms with Crippen molar-refractivity contribution in [3.05, 3.63) is 94.0 Å². The first-order chi connectivity index (χ1) is 15.6. The number of benzene rings is 3. The van der Waals surface area contributed by atoms with Crippen LogP contribution in [0.15, 0.2) is 78.0 Å². The van der Waals surface area contributed by atoms with Crippen molar-refractivity contribution in [3.63, 3.8) is 0 Å². The van der Waals surface area contributed by atoms with Crippen LogP contribution in [0, 0.1) is 0 Å². The highest BCUT2D eigenvalue weighted by Crippen LogP contribution is 2.25. The summed E-state index contributed by atoms with van der Waals surface area (Å²) in [5.41, 5.74) is 2.79. The zero-order chi connectivity index (χ0) is 22.3. The second-order valence-electron chi connectivity index (χ2n) is 7.01. The van der Waals surface area contributed by atoms with Gasteiger partial charge in [0.05, 0.1) is 11.3 Å². The van der Waals surface area contributed by atoms with E-state index in [1.807, 2.05) is 66.7 Å². The maximum atomic E-state index is 12.3. The topological polar surface area (TPSA) is 66.9 Å². The van der Waals surface area contributed by atoms with Crippen molar-refractivity contribution in [3.8, 4) is 0 Å². The summed E-state index contributed by atoms with van der Waals surface area (Å²) in [7, 11) is 0.